The molecule has 4 heteroatoms. The number of nitrogens with two attached hydrogens (primary N) is 1. The van der Waals surface area contributed by atoms with Crippen LogP contribution in [0, 0.1) is 0 Å². The molecule has 0 saturated heterocycles. The summed E-state index contributed by atoms with van der Waals surface area (Å²) in [6.07, 6.45) is 1.99. The molecule has 1 amide bonds. The zero-order valence-corrected chi connectivity index (χ0v) is 12.4. The normalized spacial score (nSPS) is 11.9. The lowest BCUT2D eigenvalue weighted by molar-refractivity contribution is -0.117. The average molecular weight is 286 g/mol. The number of benzene rings is 2. The number of hydrogen-bond acceptors (Lipinski definition) is 3. The number of nitrogen functional groups attached to an aromatic ring is 1. The van der Waals surface area contributed by atoms with Crippen LogP contribution in [0.1, 0.15) is 18.4 Å². The van der Waals surface area contributed by atoms with Crippen molar-refractivity contribution in [3.05, 3.63) is 54.1 Å². The molecule has 0 radical (unpaired) electrons. The number of nitrogens with one attached hydrogen (secondary N) is 1. The molecule has 104 valence electrons. The lowest BCUT2D eigenvalue weighted by Crippen LogP contribution is -2.19. The molecule has 0 aliphatic heterocycles. The maximum atomic E-state index is 12.3. The Kier molecular flexibility index (Phi) is 4.69. The van der Waals surface area contributed by atoms with Gasteiger partial charge in [-0.1, -0.05) is 24.3 Å². The zero-order valence-electron chi connectivity index (χ0n) is 11.6. The first-order valence-corrected chi connectivity index (χ1v) is 7.63. The van der Waals surface area contributed by atoms with Gasteiger partial charge in [-0.2, -0.15) is 0 Å². The predicted molar refractivity (Wildman–Crippen MR) is 86.1 cm³/mol. The monoisotopic (exact) mass is 286 g/mol. The van der Waals surface area contributed by atoms with Crippen LogP contribution in [0.25, 0.3) is 0 Å². The fourth-order valence-electron chi connectivity index (χ4n) is 1.97. The second-order valence-corrected chi connectivity index (χ2v) is 5.43. The van der Waals surface area contributed by atoms with Crippen LogP contribution in [-0.4, -0.2) is 12.2 Å². The van der Waals surface area contributed by atoms with Crippen molar-refractivity contribution in [2.75, 3.05) is 17.3 Å². The molecule has 0 fully saturated rings. The Balaban J connectivity index is 2.15. The molecule has 0 saturated carbocycles. The minimum atomic E-state index is -0.242. The molecular formula is C16H18N2OS. The molecule has 2 aromatic carbocycles. The highest BCUT2D eigenvalue weighted by atomic mass is 32.2. The van der Waals surface area contributed by atoms with Crippen LogP contribution in [0.5, 0.6) is 0 Å². The van der Waals surface area contributed by atoms with Gasteiger partial charge in [-0.25, -0.2) is 0 Å². The van der Waals surface area contributed by atoms with Crippen molar-refractivity contribution < 1.29 is 4.79 Å². The van der Waals surface area contributed by atoms with Gasteiger partial charge >= 0.3 is 0 Å². The molecule has 0 spiro atoms. The van der Waals surface area contributed by atoms with E-state index in [0.717, 1.165) is 16.1 Å². The van der Waals surface area contributed by atoms with E-state index in [-0.39, 0.29) is 11.8 Å². The van der Waals surface area contributed by atoms with Gasteiger partial charge in [-0.05, 0) is 43.0 Å². The smallest absolute Gasteiger partial charge is 0.231 e. The standard InChI is InChI=1S/C16H18N2OS/c1-11(12-6-5-7-13(17)10-12)16(19)18-14-8-3-4-9-15(14)20-2/h3-11H,17H2,1-2H3,(H,18,19). The number of anilines is 2. The number of rotatable bonds is 4. The molecule has 0 aliphatic rings. The van der Waals surface area contributed by atoms with Crippen LogP contribution in [0.2, 0.25) is 0 Å². The summed E-state index contributed by atoms with van der Waals surface area (Å²) in [6, 6.07) is 15.2. The Hall–Kier alpha value is -1.94. The van der Waals surface area contributed by atoms with Gasteiger partial charge in [0.25, 0.3) is 0 Å². The summed E-state index contributed by atoms with van der Waals surface area (Å²) in [6.45, 7) is 1.88. The first-order chi connectivity index (χ1) is 9.61. The van der Waals surface area contributed by atoms with E-state index in [0.29, 0.717) is 5.69 Å². The van der Waals surface area contributed by atoms with E-state index in [2.05, 4.69) is 5.32 Å². The summed E-state index contributed by atoms with van der Waals surface area (Å²) >= 11 is 1.61. The van der Waals surface area contributed by atoms with Gasteiger partial charge in [0, 0.05) is 10.6 Å². The zero-order chi connectivity index (χ0) is 14.5. The minimum Gasteiger partial charge on any atom is -0.399 e. The van der Waals surface area contributed by atoms with Gasteiger partial charge in [-0.3, -0.25) is 4.79 Å². The van der Waals surface area contributed by atoms with E-state index < -0.39 is 0 Å². The molecule has 3 nitrogen and oxygen atoms in total. The van der Waals surface area contributed by atoms with Crippen LogP contribution < -0.4 is 11.1 Å². The molecule has 1 unspecified atom stereocenters. The van der Waals surface area contributed by atoms with Crippen molar-refractivity contribution in [3.8, 4) is 0 Å². The Labute approximate surface area is 123 Å². The maximum absolute atomic E-state index is 12.3. The summed E-state index contributed by atoms with van der Waals surface area (Å²) in [7, 11) is 0. The highest BCUT2D eigenvalue weighted by Gasteiger charge is 2.16. The van der Waals surface area contributed by atoms with Crippen LogP contribution in [0.15, 0.2) is 53.4 Å². The Morgan fingerprint density at radius 1 is 1.20 bits per heavy atom. The minimum absolute atomic E-state index is 0.0305. The summed E-state index contributed by atoms with van der Waals surface area (Å²) in [5.74, 6) is -0.273. The number of amides is 1. The van der Waals surface area contributed by atoms with Gasteiger partial charge in [0.1, 0.15) is 0 Å². The van der Waals surface area contributed by atoms with Crippen molar-refractivity contribution in [1.82, 2.24) is 0 Å². The van der Waals surface area contributed by atoms with Crippen molar-refractivity contribution in [1.29, 1.82) is 0 Å². The molecule has 0 bridgehead atoms. The summed E-state index contributed by atoms with van der Waals surface area (Å²) in [5.41, 5.74) is 8.20. The van der Waals surface area contributed by atoms with Gasteiger partial charge in [0.05, 0.1) is 11.6 Å². The van der Waals surface area contributed by atoms with Crippen molar-refractivity contribution in [2.24, 2.45) is 0 Å². The first kappa shape index (κ1) is 14.5. The van der Waals surface area contributed by atoms with E-state index in [1.54, 1.807) is 11.8 Å². The maximum Gasteiger partial charge on any atom is 0.231 e. The number of thioether (sulfide) groups is 1. The van der Waals surface area contributed by atoms with Gasteiger partial charge in [-0.15, -0.1) is 11.8 Å². The molecule has 0 aliphatic carbocycles. The van der Waals surface area contributed by atoms with E-state index in [9.17, 15) is 4.79 Å². The van der Waals surface area contributed by atoms with Crippen LogP contribution in [-0.2, 0) is 4.79 Å². The van der Waals surface area contributed by atoms with Crippen LogP contribution >= 0.6 is 11.8 Å². The quantitative estimate of drug-likeness (QED) is 0.665. The van der Waals surface area contributed by atoms with Gasteiger partial charge < -0.3 is 11.1 Å². The third-order valence-corrected chi connectivity index (χ3v) is 3.96. The Morgan fingerprint density at radius 2 is 1.95 bits per heavy atom. The lowest BCUT2D eigenvalue weighted by Gasteiger charge is -2.14. The lowest BCUT2D eigenvalue weighted by atomic mass is 10.00. The van der Waals surface area contributed by atoms with Crippen molar-refractivity contribution >= 4 is 29.0 Å². The fraction of sp³-hybridized carbons (Fsp3) is 0.188. The molecule has 0 aromatic heterocycles. The first-order valence-electron chi connectivity index (χ1n) is 6.41. The third-order valence-electron chi connectivity index (χ3n) is 3.17. The molecule has 3 N–H and O–H groups in total. The van der Waals surface area contributed by atoms with E-state index in [1.165, 1.54) is 0 Å². The molecule has 1 atom stereocenters. The number of hydrogen-bond donors (Lipinski definition) is 2. The molecular weight excluding hydrogens is 268 g/mol. The average Bonchev–Trinajstić information content (AvgIpc) is 2.47. The summed E-state index contributed by atoms with van der Waals surface area (Å²) in [5, 5.41) is 2.98. The third kappa shape index (κ3) is 3.33. The predicted octanol–water partition coefficient (Wildman–Crippen LogP) is 3.73. The number of carbonyl (C=O) groups is 1. The Bertz CT molecular complexity index is 613. The van der Waals surface area contributed by atoms with Gasteiger partial charge in [0.15, 0.2) is 0 Å². The van der Waals surface area contributed by atoms with E-state index in [1.807, 2.05) is 61.7 Å². The SMILES string of the molecule is CSc1ccccc1NC(=O)C(C)c1cccc(N)c1. The second-order valence-electron chi connectivity index (χ2n) is 4.58. The Morgan fingerprint density at radius 3 is 2.65 bits per heavy atom. The number of para-hydroxylation sites is 1. The molecule has 20 heavy (non-hydrogen) atoms. The highest BCUT2D eigenvalue weighted by Crippen LogP contribution is 2.26. The van der Waals surface area contributed by atoms with E-state index >= 15 is 0 Å². The second kappa shape index (κ2) is 6.48. The molecule has 2 aromatic rings. The van der Waals surface area contributed by atoms with Crippen molar-refractivity contribution in [3.63, 3.8) is 0 Å². The molecule has 2 rings (SSSR count). The van der Waals surface area contributed by atoms with Crippen molar-refractivity contribution in [2.45, 2.75) is 17.7 Å². The fourth-order valence-corrected chi connectivity index (χ4v) is 2.52. The van der Waals surface area contributed by atoms with Gasteiger partial charge in [0.2, 0.25) is 5.91 Å². The van der Waals surface area contributed by atoms with E-state index in [4.69, 9.17) is 5.73 Å². The number of carbonyl (C=O) groups excluding carboxylic acids is 1. The van der Waals surface area contributed by atoms with Crippen LogP contribution in [0.3, 0.4) is 0 Å². The summed E-state index contributed by atoms with van der Waals surface area (Å²) < 4.78 is 0. The molecule has 0 heterocycles. The highest BCUT2D eigenvalue weighted by molar-refractivity contribution is 7.98. The summed E-state index contributed by atoms with van der Waals surface area (Å²) in [4.78, 5) is 13.4. The topological polar surface area (TPSA) is 55.1 Å². The van der Waals surface area contributed by atoms with Crippen LogP contribution in [0.4, 0.5) is 11.4 Å². The largest absolute Gasteiger partial charge is 0.399 e.